The standard InChI is InChI=1S/C21H25N3O3S/c25-18(22-16-11-5-2-6-12-16)14-28-21-23-19(26)17(20(27)24-21)13-7-10-15-8-3-1-4-9-15/h1,3-4,7-10,16H,2,5-6,11-14H2,(H,22,25)(H2,23,24,26,27)/b10-7+. The number of carbonyl (C=O) groups is 1. The van der Waals surface area contributed by atoms with Crippen LogP contribution < -0.4 is 10.9 Å². The smallest absolute Gasteiger partial charge is 0.258 e. The van der Waals surface area contributed by atoms with Gasteiger partial charge >= 0.3 is 0 Å². The third-order valence-corrected chi connectivity index (χ3v) is 5.59. The van der Waals surface area contributed by atoms with Crippen LogP contribution in [-0.4, -0.2) is 32.8 Å². The Morgan fingerprint density at radius 2 is 2.00 bits per heavy atom. The molecule has 1 aromatic carbocycles. The van der Waals surface area contributed by atoms with E-state index in [0.717, 1.165) is 43.0 Å². The average Bonchev–Trinajstić information content (AvgIpc) is 2.70. The molecule has 1 heterocycles. The van der Waals surface area contributed by atoms with Crippen LogP contribution in [0.3, 0.4) is 0 Å². The van der Waals surface area contributed by atoms with Crippen molar-refractivity contribution in [3.8, 4) is 5.88 Å². The van der Waals surface area contributed by atoms with Gasteiger partial charge < -0.3 is 15.4 Å². The summed E-state index contributed by atoms with van der Waals surface area (Å²) in [4.78, 5) is 31.0. The van der Waals surface area contributed by atoms with Gasteiger partial charge in [0.2, 0.25) is 11.8 Å². The van der Waals surface area contributed by atoms with E-state index in [1.165, 1.54) is 6.42 Å². The summed E-state index contributed by atoms with van der Waals surface area (Å²) in [6, 6.07) is 9.96. The molecule has 6 nitrogen and oxygen atoms in total. The van der Waals surface area contributed by atoms with Crippen molar-refractivity contribution in [1.82, 2.24) is 15.3 Å². The maximum Gasteiger partial charge on any atom is 0.258 e. The van der Waals surface area contributed by atoms with Gasteiger partial charge in [0.1, 0.15) is 0 Å². The largest absolute Gasteiger partial charge is 0.493 e. The number of H-pyrrole nitrogens is 1. The van der Waals surface area contributed by atoms with Crippen molar-refractivity contribution in [1.29, 1.82) is 0 Å². The molecule has 0 aliphatic heterocycles. The molecule has 0 unspecified atom stereocenters. The summed E-state index contributed by atoms with van der Waals surface area (Å²) in [6.07, 6.45) is 9.56. The first kappa shape index (κ1) is 20.2. The van der Waals surface area contributed by atoms with Crippen LogP contribution in [-0.2, 0) is 11.2 Å². The van der Waals surface area contributed by atoms with Gasteiger partial charge in [0.05, 0.1) is 11.3 Å². The second-order valence-corrected chi connectivity index (χ2v) is 7.85. The number of aromatic nitrogens is 2. The van der Waals surface area contributed by atoms with Crippen molar-refractivity contribution in [2.24, 2.45) is 0 Å². The normalized spacial score (nSPS) is 15.0. The van der Waals surface area contributed by atoms with Crippen LogP contribution in [0.5, 0.6) is 5.88 Å². The lowest BCUT2D eigenvalue weighted by Crippen LogP contribution is -2.37. The third-order valence-electron chi connectivity index (χ3n) is 4.71. The molecule has 0 bridgehead atoms. The summed E-state index contributed by atoms with van der Waals surface area (Å²) in [6.45, 7) is 0. The molecule has 1 amide bonds. The fraction of sp³-hybridized carbons (Fsp3) is 0.381. The Hall–Kier alpha value is -2.54. The molecule has 3 N–H and O–H groups in total. The molecule has 1 fully saturated rings. The van der Waals surface area contributed by atoms with Crippen LogP contribution in [0.4, 0.5) is 0 Å². The second kappa shape index (κ2) is 10.1. The predicted octanol–water partition coefficient (Wildman–Crippen LogP) is 3.27. The summed E-state index contributed by atoms with van der Waals surface area (Å²) in [5.74, 6) is -0.211. The van der Waals surface area contributed by atoms with Crippen molar-refractivity contribution < 1.29 is 9.90 Å². The Kier molecular flexibility index (Phi) is 7.31. The van der Waals surface area contributed by atoms with Gasteiger partial charge in [-0.2, -0.15) is 4.98 Å². The van der Waals surface area contributed by atoms with Crippen molar-refractivity contribution in [3.63, 3.8) is 0 Å². The molecule has 1 aromatic heterocycles. The molecular formula is C21H25N3O3S. The van der Waals surface area contributed by atoms with Gasteiger partial charge in [-0.05, 0) is 18.4 Å². The fourth-order valence-corrected chi connectivity index (χ4v) is 3.91. The summed E-state index contributed by atoms with van der Waals surface area (Å²) < 4.78 is 0. The molecule has 7 heteroatoms. The highest BCUT2D eigenvalue weighted by molar-refractivity contribution is 7.99. The first-order valence-electron chi connectivity index (χ1n) is 9.58. The molecule has 28 heavy (non-hydrogen) atoms. The van der Waals surface area contributed by atoms with Crippen molar-refractivity contribution >= 4 is 23.7 Å². The zero-order valence-corrected chi connectivity index (χ0v) is 16.5. The lowest BCUT2D eigenvalue weighted by atomic mass is 9.95. The monoisotopic (exact) mass is 399 g/mol. The van der Waals surface area contributed by atoms with E-state index < -0.39 is 0 Å². The van der Waals surface area contributed by atoms with Gasteiger partial charge in [0, 0.05) is 12.5 Å². The minimum Gasteiger partial charge on any atom is -0.493 e. The first-order chi connectivity index (χ1) is 13.6. The van der Waals surface area contributed by atoms with Gasteiger partial charge in [-0.15, -0.1) is 0 Å². The molecule has 148 valence electrons. The number of rotatable bonds is 7. The molecule has 0 radical (unpaired) electrons. The highest BCUT2D eigenvalue weighted by Crippen LogP contribution is 2.19. The molecule has 1 aliphatic rings. The number of hydrogen-bond acceptors (Lipinski definition) is 5. The number of thioether (sulfide) groups is 1. The van der Waals surface area contributed by atoms with E-state index in [9.17, 15) is 14.7 Å². The van der Waals surface area contributed by atoms with Crippen LogP contribution in [0.1, 0.15) is 43.2 Å². The Morgan fingerprint density at radius 3 is 2.71 bits per heavy atom. The van der Waals surface area contributed by atoms with Crippen LogP contribution in [0.15, 0.2) is 46.4 Å². The third kappa shape index (κ3) is 5.99. The summed E-state index contributed by atoms with van der Waals surface area (Å²) >= 11 is 1.12. The van der Waals surface area contributed by atoms with E-state index >= 15 is 0 Å². The van der Waals surface area contributed by atoms with E-state index in [2.05, 4.69) is 15.3 Å². The van der Waals surface area contributed by atoms with Crippen molar-refractivity contribution in [3.05, 3.63) is 57.9 Å². The molecule has 1 aliphatic carbocycles. The Labute approximate surface area is 168 Å². The molecule has 0 atom stereocenters. The summed E-state index contributed by atoms with van der Waals surface area (Å²) in [7, 11) is 0. The van der Waals surface area contributed by atoms with Crippen LogP contribution in [0.25, 0.3) is 6.08 Å². The number of amides is 1. The van der Waals surface area contributed by atoms with E-state index in [1.54, 1.807) is 0 Å². The minimum absolute atomic E-state index is 0.0751. The van der Waals surface area contributed by atoms with Crippen LogP contribution >= 0.6 is 11.8 Å². The number of hydrogen-bond donors (Lipinski definition) is 3. The number of carbonyl (C=O) groups excluding carboxylic acids is 1. The van der Waals surface area contributed by atoms with E-state index in [0.29, 0.717) is 0 Å². The lowest BCUT2D eigenvalue weighted by molar-refractivity contribution is -0.119. The minimum atomic E-state index is -0.389. The van der Waals surface area contributed by atoms with Gasteiger partial charge in [0.25, 0.3) is 5.56 Å². The Bertz CT molecular complexity index is 874. The lowest BCUT2D eigenvalue weighted by Gasteiger charge is -2.22. The number of aromatic amines is 1. The SMILES string of the molecule is O=C(CSc1nc(O)c(C/C=C/c2ccccc2)c(=O)[nH]1)NC1CCCCC1. The van der Waals surface area contributed by atoms with Crippen molar-refractivity contribution in [2.75, 3.05) is 5.75 Å². The molecule has 0 spiro atoms. The zero-order chi connectivity index (χ0) is 19.8. The number of allylic oxidation sites excluding steroid dienone is 1. The maximum absolute atomic E-state index is 12.3. The predicted molar refractivity (Wildman–Crippen MR) is 111 cm³/mol. The second-order valence-electron chi connectivity index (χ2n) is 6.88. The number of nitrogens with one attached hydrogen (secondary N) is 2. The highest BCUT2D eigenvalue weighted by Gasteiger charge is 2.16. The topological polar surface area (TPSA) is 95.1 Å². The number of aromatic hydroxyl groups is 1. The molecular weight excluding hydrogens is 374 g/mol. The Balaban J connectivity index is 1.54. The summed E-state index contributed by atoms with van der Waals surface area (Å²) in [5, 5.41) is 13.4. The van der Waals surface area contributed by atoms with Gasteiger partial charge in [-0.3, -0.25) is 9.59 Å². The summed E-state index contributed by atoms with van der Waals surface area (Å²) in [5.41, 5.74) is 0.839. The fourth-order valence-electron chi connectivity index (χ4n) is 3.25. The molecule has 1 saturated carbocycles. The quantitative estimate of drug-likeness (QED) is 0.491. The van der Waals surface area contributed by atoms with Gasteiger partial charge in [0.15, 0.2) is 5.16 Å². The Morgan fingerprint density at radius 1 is 1.25 bits per heavy atom. The molecule has 0 saturated heterocycles. The maximum atomic E-state index is 12.3. The van der Waals surface area contributed by atoms with Gasteiger partial charge in [-0.25, -0.2) is 0 Å². The van der Waals surface area contributed by atoms with Gasteiger partial charge in [-0.1, -0.05) is 73.5 Å². The van der Waals surface area contributed by atoms with E-state index in [4.69, 9.17) is 0 Å². The zero-order valence-electron chi connectivity index (χ0n) is 15.7. The van der Waals surface area contributed by atoms with E-state index in [1.807, 2.05) is 42.5 Å². The van der Waals surface area contributed by atoms with Crippen molar-refractivity contribution in [2.45, 2.75) is 49.7 Å². The molecule has 2 aromatic rings. The number of benzene rings is 1. The molecule has 3 rings (SSSR count). The van der Waals surface area contributed by atoms with E-state index in [-0.39, 0.29) is 46.3 Å². The highest BCUT2D eigenvalue weighted by atomic mass is 32.2. The van der Waals surface area contributed by atoms with Crippen LogP contribution in [0, 0.1) is 0 Å². The first-order valence-corrected chi connectivity index (χ1v) is 10.6. The average molecular weight is 400 g/mol. The van der Waals surface area contributed by atoms with Crippen LogP contribution in [0.2, 0.25) is 0 Å². The number of nitrogens with zero attached hydrogens (tertiary/aromatic N) is 1.